The normalized spacial score (nSPS) is 29.1. The molecule has 22 heavy (non-hydrogen) atoms. The maximum Gasteiger partial charge on any atom is 0.226 e. The average Bonchev–Trinajstić information content (AvgIpc) is 3.35. The van der Waals surface area contributed by atoms with Gasteiger partial charge >= 0.3 is 0 Å². The molecule has 3 nitrogen and oxygen atoms in total. The monoisotopic (exact) mass is 319 g/mol. The van der Waals surface area contributed by atoms with E-state index in [0.717, 1.165) is 37.1 Å². The van der Waals surface area contributed by atoms with Gasteiger partial charge in [0.2, 0.25) is 5.91 Å². The van der Waals surface area contributed by atoms with Gasteiger partial charge in [0.1, 0.15) is 0 Å². The Bertz CT molecular complexity index is 575. The van der Waals surface area contributed by atoms with E-state index in [2.05, 4.69) is 17.0 Å². The van der Waals surface area contributed by atoms with E-state index in [4.69, 9.17) is 16.3 Å². The summed E-state index contributed by atoms with van der Waals surface area (Å²) in [5.74, 6) is 1.69. The van der Waals surface area contributed by atoms with Gasteiger partial charge in [-0.05, 0) is 48.8 Å². The topological polar surface area (TPSA) is 29.5 Å². The second-order valence-electron chi connectivity index (χ2n) is 7.26. The highest BCUT2D eigenvalue weighted by atomic mass is 35.5. The molecule has 3 fully saturated rings. The maximum atomic E-state index is 12.6. The van der Waals surface area contributed by atoms with Crippen LogP contribution in [0.15, 0.2) is 24.3 Å². The molecule has 1 heterocycles. The van der Waals surface area contributed by atoms with Crippen LogP contribution in [0.5, 0.6) is 0 Å². The van der Waals surface area contributed by atoms with Crippen molar-refractivity contribution < 1.29 is 9.53 Å². The van der Waals surface area contributed by atoms with Crippen LogP contribution in [-0.2, 0) is 9.53 Å². The van der Waals surface area contributed by atoms with Crippen LogP contribution in [-0.4, -0.2) is 37.6 Å². The Balaban J connectivity index is 1.36. The number of carbonyl (C=O) groups is 1. The van der Waals surface area contributed by atoms with Gasteiger partial charge in [-0.3, -0.25) is 4.79 Å². The van der Waals surface area contributed by atoms with E-state index in [1.807, 2.05) is 12.1 Å². The first-order valence-corrected chi connectivity index (χ1v) is 8.54. The second kappa shape index (κ2) is 5.24. The number of rotatable bonds is 5. The van der Waals surface area contributed by atoms with E-state index in [1.54, 1.807) is 7.11 Å². The minimum absolute atomic E-state index is 0.181. The van der Waals surface area contributed by atoms with Gasteiger partial charge in [0.05, 0.1) is 6.61 Å². The highest BCUT2D eigenvalue weighted by Gasteiger charge is 2.57. The molecule has 0 unspecified atom stereocenters. The van der Waals surface area contributed by atoms with Crippen LogP contribution in [0.3, 0.4) is 0 Å². The van der Waals surface area contributed by atoms with E-state index in [0.29, 0.717) is 11.8 Å². The average molecular weight is 320 g/mol. The molecule has 118 valence electrons. The van der Waals surface area contributed by atoms with Crippen molar-refractivity contribution in [2.75, 3.05) is 26.8 Å². The number of halogens is 1. The summed E-state index contributed by atoms with van der Waals surface area (Å²) in [7, 11) is 1.77. The van der Waals surface area contributed by atoms with E-state index in [-0.39, 0.29) is 11.3 Å². The van der Waals surface area contributed by atoms with Crippen LogP contribution in [0, 0.1) is 17.3 Å². The van der Waals surface area contributed by atoms with Gasteiger partial charge in [0.15, 0.2) is 0 Å². The van der Waals surface area contributed by atoms with E-state index < -0.39 is 0 Å². The number of methoxy groups -OCH3 is 1. The number of carbonyl (C=O) groups excluding carboxylic acids is 1. The standard InChI is InChI=1S/C18H22ClNO2/c1-22-11-18(13-4-5-13)9-20(10-18)17(21)16-8-15(16)12-2-6-14(19)7-3-12/h2-3,6-7,13,15-16H,4-5,8-11H2,1H3/t15-,16+/m0/s1. The van der Waals surface area contributed by atoms with Gasteiger partial charge < -0.3 is 9.64 Å². The number of likely N-dealkylation sites (tertiary alicyclic amines) is 1. The van der Waals surface area contributed by atoms with Crippen LogP contribution in [0.4, 0.5) is 0 Å². The van der Waals surface area contributed by atoms with Crippen molar-refractivity contribution in [3.05, 3.63) is 34.9 Å². The van der Waals surface area contributed by atoms with Crippen LogP contribution in [0.1, 0.15) is 30.7 Å². The van der Waals surface area contributed by atoms with E-state index in [1.165, 1.54) is 18.4 Å². The Morgan fingerprint density at radius 2 is 2.00 bits per heavy atom. The summed E-state index contributed by atoms with van der Waals surface area (Å²) >= 11 is 5.93. The van der Waals surface area contributed by atoms with Crippen LogP contribution in [0.25, 0.3) is 0 Å². The number of hydrogen-bond acceptors (Lipinski definition) is 2. The predicted molar refractivity (Wildman–Crippen MR) is 85.9 cm³/mol. The van der Waals surface area contributed by atoms with E-state index >= 15 is 0 Å². The molecular formula is C18H22ClNO2. The third-order valence-electron chi connectivity index (χ3n) is 5.60. The molecule has 0 bridgehead atoms. The summed E-state index contributed by atoms with van der Waals surface area (Å²) < 4.78 is 5.41. The lowest BCUT2D eigenvalue weighted by atomic mass is 9.75. The highest BCUT2D eigenvalue weighted by Crippen LogP contribution is 2.54. The Kier molecular flexibility index (Phi) is 3.46. The summed E-state index contributed by atoms with van der Waals surface area (Å²) in [4.78, 5) is 14.7. The second-order valence-corrected chi connectivity index (χ2v) is 7.70. The number of benzene rings is 1. The van der Waals surface area contributed by atoms with Crippen LogP contribution in [0.2, 0.25) is 5.02 Å². The number of amides is 1. The molecule has 2 atom stereocenters. The van der Waals surface area contributed by atoms with Crippen molar-refractivity contribution in [1.29, 1.82) is 0 Å². The van der Waals surface area contributed by atoms with Gasteiger partial charge in [0, 0.05) is 36.6 Å². The number of nitrogens with zero attached hydrogens (tertiary/aromatic N) is 1. The van der Waals surface area contributed by atoms with Crippen LogP contribution < -0.4 is 0 Å². The molecule has 2 aliphatic carbocycles. The first-order valence-electron chi connectivity index (χ1n) is 8.16. The predicted octanol–water partition coefficient (Wildman–Crippen LogP) is 3.33. The SMILES string of the molecule is COCC1(C2CC2)CN(C(=O)[C@@H]2C[C@H]2c2ccc(Cl)cc2)C1. The van der Waals surface area contributed by atoms with Gasteiger partial charge in [-0.1, -0.05) is 23.7 Å². The fourth-order valence-corrected chi connectivity index (χ4v) is 4.23. The van der Waals surface area contributed by atoms with Crippen molar-refractivity contribution in [3.63, 3.8) is 0 Å². The smallest absolute Gasteiger partial charge is 0.226 e. The minimum Gasteiger partial charge on any atom is -0.384 e. The Morgan fingerprint density at radius 3 is 2.59 bits per heavy atom. The van der Waals surface area contributed by atoms with E-state index in [9.17, 15) is 4.79 Å². The molecule has 2 saturated carbocycles. The summed E-state index contributed by atoms with van der Waals surface area (Å²) in [5.41, 5.74) is 1.50. The summed E-state index contributed by atoms with van der Waals surface area (Å²) in [6.45, 7) is 2.59. The molecule has 4 rings (SSSR count). The van der Waals surface area contributed by atoms with Crippen molar-refractivity contribution in [3.8, 4) is 0 Å². The fourth-order valence-electron chi connectivity index (χ4n) is 4.10. The fraction of sp³-hybridized carbons (Fsp3) is 0.611. The zero-order valence-electron chi connectivity index (χ0n) is 12.9. The highest BCUT2D eigenvalue weighted by molar-refractivity contribution is 6.30. The quantitative estimate of drug-likeness (QED) is 0.833. The molecule has 1 amide bonds. The Morgan fingerprint density at radius 1 is 1.32 bits per heavy atom. The lowest BCUT2D eigenvalue weighted by molar-refractivity contribution is -0.151. The summed E-state index contributed by atoms with van der Waals surface area (Å²) in [6.07, 6.45) is 3.60. The third-order valence-corrected chi connectivity index (χ3v) is 5.86. The molecule has 1 aromatic rings. The van der Waals surface area contributed by atoms with Gasteiger partial charge in [-0.2, -0.15) is 0 Å². The number of hydrogen-bond donors (Lipinski definition) is 0. The molecule has 0 radical (unpaired) electrons. The van der Waals surface area contributed by atoms with Crippen molar-refractivity contribution in [1.82, 2.24) is 4.90 Å². The lowest BCUT2D eigenvalue weighted by Gasteiger charge is -2.50. The first-order chi connectivity index (χ1) is 10.6. The first kappa shape index (κ1) is 14.5. The zero-order chi connectivity index (χ0) is 15.3. The van der Waals surface area contributed by atoms with Crippen molar-refractivity contribution >= 4 is 17.5 Å². The Labute approximate surface area is 136 Å². The van der Waals surface area contributed by atoms with Gasteiger partial charge in [0.25, 0.3) is 0 Å². The molecule has 1 aromatic carbocycles. The zero-order valence-corrected chi connectivity index (χ0v) is 13.7. The lowest BCUT2D eigenvalue weighted by Crippen LogP contribution is -2.62. The van der Waals surface area contributed by atoms with Gasteiger partial charge in [-0.15, -0.1) is 0 Å². The third kappa shape index (κ3) is 2.44. The molecule has 1 aliphatic heterocycles. The number of ether oxygens (including phenoxy) is 1. The largest absolute Gasteiger partial charge is 0.384 e. The molecule has 0 N–H and O–H groups in total. The van der Waals surface area contributed by atoms with Crippen molar-refractivity contribution in [2.24, 2.45) is 17.3 Å². The molecule has 0 aromatic heterocycles. The molecular weight excluding hydrogens is 298 g/mol. The Hall–Kier alpha value is -1.06. The van der Waals surface area contributed by atoms with Crippen LogP contribution >= 0.6 is 11.6 Å². The minimum atomic E-state index is 0.181. The molecule has 1 saturated heterocycles. The maximum absolute atomic E-state index is 12.6. The molecule has 4 heteroatoms. The van der Waals surface area contributed by atoms with Gasteiger partial charge in [-0.25, -0.2) is 0 Å². The van der Waals surface area contributed by atoms with Crippen molar-refractivity contribution in [2.45, 2.75) is 25.2 Å². The molecule has 0 spiro atoms. The summed E-state index contributed by atoms with van der Waals surface area (Å²) in [5, 5.41) is 0.754. The summed E-state index contributed by atoms with van der Waals surface area (Å²) in [6, 6.07) is 7.93. The molecule has 3 aliphatic rings.